The molecular formula is C18H31NO. The molecule has 2 nitrogen and oxygen atoms in total. The van der Waals surface area contributed by atoms with Gasteiger partial charge in [0.15, 0.2) is 0 Å². The molecule has 2 heteroatoms. The second-order valence-electron chi connectivity index (χ2n) is 6.59. The Labute approximate surface area is 124 Å². The molecule has 1 N–H and O–H groups in total. The maximum atomic E-state index is 5.68. The van der Waals surface area contributed by atoms with Crippen LogP contribution in [0.25, 0.3) is 0 Å². The summed E-state index contributed by atoms with van der Waals surface area (Å²) in [6.07, 6.45) is 2.17. The summed E-state index contributed by atoms with van der Waals surface area (Å²) in [4.78, 5) is 0. The summed E-state index contributed by atoms with van der Waals surface area (Å²) >= 11 is 0. The van der Waals surface area contributed by atoms with Crippen molar-refractivity contribution in [2.45, 2.75) is 58.9 Å². The highest BCUT2D eigenvalue weighted by molar-refractivity contribution is 5.29. The van der Waals surface area contributed by atoms with Crippen LogP contribution >= 0.6 is 0 Å². The lowest BCUT2D eigenvalue weighted by Crippen LogP contribution is -2.38. The molecule has 1 atom stereocenters. The van der Waals surface area contributed by atoms with Crippen LogP contribution in [0.4, 0.5) is 0 Å². The third kappa shape index (κ3) is 6.53. The molecule has 0 heterocycles. The average Bonchev–Trinajstić information content (AvgIpc) is 2.38. The van der Waals surface area contributed by atoms with Gasteiger partial charge in [0.25, 0.3) is 0 Å². The summed E-state index contributed by atoms with van der Waals surface area (Å²) in [6, 6.07) is 8.70. The summed E-state index contributed by atoms with van der Waals surface area (Å²) in [5, 5.41) is 3.63. The maximum absolute atomic E-state index is 5.68. The minimum Gasteiger partial charge on any atom is -0.381 e. The standard InChI is InChI=1S/C18H31NO/c1-6-12-20-13-11-16(14-19-18(3,4)5)17-10-8-7-9-15(17)2/h7-10,16,19H,6,11-14H2,1-5H3. The van der Waals surface area contributed by atoms with Gasteiger partial charge in [-0.15, -0.1) is 0 Å². The van der Waals surface area contributed by atoms with Crippen LogP contribution in [0.2, 0.25) is 0 Å². The molecule has 0 saturated carbocycles. The van der Waals surface area contributed by atoms with Gasteiger partial charge >= 0.3 is 0 Å². The number of aryl methyl sites for hydroxylation is 1. The molecule has 0 spiro atoms. The molecule has 0 fully saturated rings. The van der Waals surface area contributed by atoms with E-state index in [0.29, 0.717) is 5.92 Å². The summed E-state index contributed by atoms with van der Waals surface area (Å²) in [5.41, 5.74) is 2.98. The minimum absolute atomic E-state index is 0.158. The molecule has 0 saturated heterocycles. The van der Waals surface area contributed by atoms with Crippen molar-refractivity contribution in [2.24, 2.45) is 0 Å². The minimum atomic E-state index is 0.158. The van der Waals surface area contributed by atoms with E-state index >= 15 is 0 Å². The lowest BCUT2D eigenvalue weighted by Gasteiger charge is -2.26. The van der Waals surface area contributed by atoms with E-state index in [4.69, 9.17) is 4.74 Å². The van der Waals surface area contributed by atoms with Crippen LogP contribution in [0.1, 0.15) is 57.6 Å². The Morgan fingerprint density at radius 1 is 1.15 bits per heavy atom. The Bertz CT molecular complexity index is 381. The number of benzene rings is 1. The molecule has 114 valence electrons. The smallest absolute Gasteiger partial charge is 0.0472 e. The monoisotopic (exact) mass is 277 g/mol. The average molecular weight is 277 g/mol. The molecule has 0 bridgehead atoms. The van der Waals surface area contributed by atoms with E-state index in [9.17, 15) is 0 Å². The zero-order valence-electron chi connectivity index (χ0n) is 13.8. The van der Waals surface area contributed by atoms with Crippen LogP contribution in [0.15, 0.2) is 24.3 Å². The number of hydrogen-bond donors (Lipinski definition) is 1. The Morgan fingerprint density at radius 2 is 1.85 bits per heavy atom. The predicted octanol–water partition coefficient (Wildman–Crippen LogP) is 4.28. The first-order chi connectivity index (χ1) is 9.44. The van der Waals surface area contributed by atoms with Crippen LogP contribution in [0.5, 0.6) is 0 Å². The van der Waals surface area contributed by atoms with E-state index in [0.717, 1.165) is 32.6 Å². The zero-order valence-corrected chi connectivity index (χ0v) is 13.8. The Balaban J connectivity index is 2.66. The molecule has 0 aromatic heterocycles. The summed E-state index contributed by atoms with van der Waals surface area (Å²) in [6.45, 7) is 13.7. The first-order valence-corrected chi connectivity index (χ1v) is 7.82. The molecule has 1 rings (SSSR count). The molecule has 20 heavy (non-hydrogen) atoms. The van der Waals surface area contributed by atoms with Crippen LogP contribution < -0.4 is 5.32 Å². The van der Waals surface area contributed by atoms with Crippen LogP contribution in [-0.2, 0) is 4.74 Å². The highest BCUT2D eigenvalue weighted by atomic mass is 16.5. The first kappa shape index (κ1) is 17.2. The molecule has 0 aliphatic heterocycles. The highest BCUT2D eigenvalue weighted by Crippen LogP contribution is 2.23. The van der Waals surface area contributed by atoms with Crippen molar-refractivity contribution in [3.05, 3.63) is 35.4 Å². The van der Waals surface area contributed by atoms with Gasteiger partial charge in [0.05, 0.1) is 0 Å². The molecule has 0 aliphatic carbocycles. The fraction of sp³-hybridized carbons (Fsp3) is 0.667. The van der Waals surface area contributed by atoms with E-state index < -0.39 is 0 Å². The van der Waals surface area contributed by atoms with Gasteiger partial charge in [-0.1, -0.05) is 31.2 Å². The van der Waals surface area contributed by atoms with Crippen molar-refractivity contribution in [2.75, 3.05) is 19.8 Å². The van der Waals surface area contributed by atoms with Crippen LogP contribution in [0.3, 0.4) is 0 Å². The molecule has 1 unspecified atom stereocenters. The topological polar surface area (TPSA) is 21.3 Å². The Hall–Kier alpha value is -0.860. The van der Waals surface area contributed by atoms with E-state index in [1.807, 2.05) is 0 Å². The third-order valence-electron chi connectivity index (χ3n) is 3.47. The van der Waals surface area contributed by atoms with E-state index in [1.165, 1.54) is 11.1 Å². The quantitative estimate of drug-likeness (QED) is 0.716. The van der Waals surface area contributed by atoms with Crippen LogP contribution in [-0.4, -0.2) is 25.3 Å². The van der Waals surface area contributed by atoms with Gasteiger partial charge in [-0.2, -0.15) is 0 Å². The Kier molecular flexibility index (Phi) is 7.25. The van der Waals surface area contributed by atoms with Crippen molar-refractivity contribution in [1.29, 1.82) is 0 Å². The van der Waals surface area contributed by atoms with Gasteiger partial charge < -0.3 is 10.1 Å². The highest BCUT2D eigenvalue weighted by Gasteiger charge is 2.17. The van der Waals surface area contributed by atoms with Crippen molar-refractivity contribution >= 4 is 0 Å². The van der Waals surface area contributed by atoms with Gasteiger partial charge in [-0.25, -0.2) is 0 Å². The van der Waals surface area contributed by atoms with Crippen molar-refractivity contribution < 1.29 is 4.74 Å². The van der Waals surface area contributed by atoms with Crippen molar-refractivity contribution in [3.63, 3.8) is 0 Å². The van der Waals surface area contributed by atoms with E-state index in [2.05, 4.69) is 64.2 Å². The van der Waals surface area contributed by atoms with Gasteiger partial charge in [0.2, 0.25) is 0 Å². The summed E-state index contributed by atoms with van der Waals surface area (Å²) in [5.74, 6) is 0.521. The molecule has 1 aromatic rings. The fourth-order valence-corrected chi connectivity index (χ4v) is 2.31. The fourth-order valence-electron chi connectivity index (χ4n) is 2.31. The summed E-state index contributed by atoms with van der Waals surface area (Å²) in [7, 11) is 0. The molecule has 0 amide bonds. The lowest BCUT2D eigenvalue weighted by molar-refractivity contribution is 0.126. The normalized spacial score (nSPS) is 13.4. The lowest BCUT2D eigenvalue weighted by atomic mass is 9.91. The van der Waals surface area contributed by atoms with Crippen molar-refractivity contribution in [3.8, 4) is 0 Å². The second-order valence-corrected chi connectivity index (χ2v) is 6.59. The zero-order chi connectivity index (χ0) is 15.0. The van der Waals surface area contributed by atoms with E-state index in [-0.39, 0.29) is 5.54 Å². The summed E-state index contributed by atoms with van der Waals surface area (Å²) < 4.78 is 5.68. The molecular weight excluding hydrogens is 246 g/mol. The number of hydrogen-bond acceptors (Lipinski definition) is 2. The van der Waals surface area contributed by atoms with Gasteiger partial charge in [-0.05, 0) is 57.6 Å². The van der Waals surface area contributed by atoms with Crippen LogP contribution in [0, 0.1) is 6.92 Å². The van der Waals surface area contributed by atoms with E-state index in [1.54, 1.807) is 0 Å². The predicted molar refractivity (Wildman–Crippen MR) is 87.4 cm³/mol. The first-order valence-electron chi connectivity index (χ1n) is 7.82. The van der Waals surface area contributed by atoms with Gasteiger partial charge in [-0.3, -0.25) is 0 Å². The molecule has 0 radical (unpaired) electrons. The number of ether oxygens (including phenoxy) is 1. The molecule has 0 aliphatic rings. The van der Waals surface area contributed by atoms with Gasteiger partial charge in [0.1, 0.15) is 0 Å². The second kappa shape index (κ2) is 8.43. The van der Waals surface area contributed by atoms with Gasteiger partial charge in [0, 0.05) is 25.3 Å². The maximum Gasteiger partial charge on any atom is 0.0472 e. The SMILES string of the molecule is CCCOCCC(CNC(C)(C)C)c1ccccc1C. The number of rotatable bonds is 8. The molecule has 1 aromatic carbocycles. The number of nitrogens with one attached hydrogen (secondary N) is 1. The third-order valence-corrected chi connectivity index (χ3v) is 3.47. The van der Waals surface area contributed by atoms with Crippen molar-refractivity contribution in [1.82, 2.24) is 5.32 Å². The Morgan fingerprint density at radius 3 is 2.45 bits per heavy atom. The largest absolute Gasteiger partial charge is 0.381 e.